The van der Waals surface area contributed by atoms with Crippen molar-refractivity contribution < 1.29 is 18.3 Å². The number of hydrogen-bond acceptors (Lipinski definition) is 2. The van der Waals surface area contributed by atoms with Crippen molar-refractivity contribution in [3.8, 4) is 5.69 Å². The summed E-state index contributed by atoms with van der Waals surface area (Å²) in [7, 11) is 0. The average Bonchev–Trinajstić information content (AvgIpc) is 2.85. The first-order valence-electron chi connectivity index (χ1n) is 6.31. The molecule has 1 aromatic carbocycles. The fourth-order valence-corrected chi connectivity index (χ4v) is 2.09. The van der Waals surface area contributed by atoms with Crippen LogP contribution in [-0.2, 0) is 19.2 Å². The molecule has 2 aromatic rings. The molecule has 0 atom stereocenters. The van der Waals surface area contributed by atoms with Crippen LogP contribution in [0.2, 0.25) is 0 Å². The fourth-order valence-electron chi connectivity index (χ4n) is 2.09. The Labute approximate surface area is 114 Å². The van der Waals surface area contributed by atoms with Crippen molar-refractivity contribution in [3.05, 3.63) is 47.5 Å². The summed E-state index contributed by atoms with van der Waals surface area (Å²) in [6.07, 6.45) is 0.269. The number of alkyl halides is 3. The van der Waals surface area contributed by atoms with Crippen LogP contribution in [0, 0.1) is 0 Å². The van der Waals surface area contributed by atoms with Crippen LogP contribution in [0.4, 0.5) is 13.2 Å². The molecule has 0 fully saturated rings. The minimum absolute atomic E-state index is 0.126. The zero-order valence-corrected chi connectivity index (χ0v) is 11.0. The fraction of sp³-hybridized carbons (Fsp3) is 0.357. The van der Waals surface area contributed by atoms with Gasteiger partial charge in [0.2, 0.25) is 0 Å². The van der Waals surface area contributed by atoms with E-state index in [4.69, 9.17) is 5.11 Å². The molecular weight excluding hydrogens is 269 g/mol. The lowest BCUT2D eigenvalue weighted by Gasteiger charge is -2.14. The Morgan fingerprint density at radius 3 is 2.65 bits per heavy atom. The predicted octanol–water partition coefficient (Wildman–Crippen LogP) is 3.34. The first-order valence-corrected chi connectivity index (χ1v) is 6.31. The largest absolute Gasteiger partial charge is 0.416 e. The van der Waals surface area contributed by atoms with Gasteiger partial charge in [-0.2, -0.15) is 13.2 Å². The molecule has 0 saturated heterocycles. The summed E-state index contributed by atoms with van der Waals surface area (Å²) in [4.78, 5) is 4.15. The van der Waals surface area contributed by atoms with Gasteiger partial charge in [-0.15, -0.1) is 0 Å². The first kappa shape index (κ1) is 14.6. The molecule has 0 saturated carbocycles. The van der Waals surface area contributed by atoms with Gasteiger partial charge < -0.3 is 9.67 Å². The molecule has 1 aromatic heterocycles. The number of hydrogen-bond donors (Lipinski definition) is 1. The van der Waals surface area contributed by atoms with Crippen LogP contribution in [0.1, 0.15) is 30.3 Å². The van der Waals surface area contributed by atoms with Crippen molar-refractivity contribution >= 4 is 0 Å². The number of nitrogens with zero attached hydrogens (tertiary/aromatic N) is 2. The second-order valence-corrected chi connectivity index (χ2v) is 4.46. The van der Waals surface area contributed by atoms with E-state index in [1.54, 1.807) is 23.0 Å². The minimum Gasteiger partial charge on any atom is -0.392 e. The molecule has 108 valence electrons. The topological polar surface area (TPSA) is 38.0 Å². The number of aliphatic hydroxyl groups is 1. The SMILES string of the molecule is CCCc1nccn1-c1ccc(CO)c(C(F)(F)F)c1. The molecule has 1 heterocycles. The third-order valence-corrected chi connectivity index (χ3v) is 3.04. The lowest BCUT2D eigenvalue weighted by atomic mass is 10.1. The van der Waals surface area contributed by atoms with Crippen molar-refractivity contribution in [2.45, 2.75) is 32.5 Å². The Morgan fingerprint density at radius 1 is 1.30 bits per heavy atom. The normalized spacial score (nSPS) is 11.8. The summed E-state index contributed by atoms with van der Waals surface area (Å²) in [5.41, 5.74) is -0.539. The Morgan fingerprint density at radius 2 is 2.05 bits per heavy atom. The number of aryl methyl sites for hydroxylation is 1. The molecule has 0 aliphatic carbocycles. The highest BCUT2D eigenvalue weighted by Crippen LogP contribution is 2.33. The molecule has 0 unspecified atom stereocenters. The predicted molar refractivity (Wildman–Crippen MR) is 68.5 cm³/mol. The summed E-state index contributed by atoms with van der Waals surface area (Å²) >= 11 is 0. The molecule has 20 heavy (non-hydrogen) atoms. The number of halogens is 3. The summed E-state index contributed by atoms with van der Waals surface area (Å²) in [6.45, 7) is 1.34. The summed E-state index contributed by atoms with van der Waals surface area (Å²) < 4.78 is 40.5. The Bertz CT molecular complexity index is 590. The van der Waals surface area contributed by atoms with Gasteiger partial charge in [-0.25, -0.2) is 4.98 Å². The Hall–Kier alpha value is -1.82. The van der Waals surface area contributed by atoms with Gasteiger partial charge in [0, 0.05) is 24.5 Å². The maximum atomic E-state index is 13.0. The van der Waals surface area contributed by atoms with Gasteiger partial charge >= 0.3 is 6.18 Å². The van der Waals surface area contributed by atoms with E-state index in [0.717, 1.165) is 18.3 Å². The van der Waals surface area contributed by atoms with Crippen LogP contribution in [0.25, 0.3) is 5.69 Å². The Kier molecular flexibility index (Phi) is 4.13. The highest BCUT2D eigenvalue weighted by Gasteiger charge is 2.33. The van der Waals surface area contributed by atoms with E-state index in [-0.39, 0.29) is 5.56 Å². The van der Waals surface area contributed by atoms with Crippen LogP contribution >= 0.6 is 0 Å². The minimum atomic E-state index is -4.49. The lowest BCUT2D eigenvalue weighted by molar-refractivity contribution is -0.138. The van der Waals surface area contributed by atoms with Gasteiger partial charge in [-0.3, -0.25) is 0 Å². The van der Waals surface area contributed by atoms with Gasteiger partial charge in [0.15, 0.2) is 0 Å². The summed E-state index contributed by atoms with van der Waals surface area (Å²) in [6, 6.07) is 3.90. The van der Waals surface area contributed by atoms with Crippen LogP contribution in [0.15, 0.2) is 30.6 Å². The molecule has 0 radical (unpaired) electrons. The maximum absolute atomic E-state index is 13.0. The Balaban J connectivity index is 2.50. The van der Waals surface area contributed by atoms with Gasteiger partial charge in [0.25, 0.3) is 0 Å². The van der Waals surface area contributed by atoms with E-state index >= 15 is 0 Å². The highest BCUT2D eigenvalue weighted by molar-refractivity contribution is 5.42. The van der Waals surface area contributed by atoms with E-state index < -0.39 is 18.3 Å². The average molecular weight is 284 g/mol. The third-order valence-electron chi connectivity index (χ3n) is 3.04. The van der Waals surface area contributed by atoms with Crippen LogP contribution < -0.4 is 0 Å². The molecule has 0 amide bonds. The first-order chi connectivity index (χ1) is 9.47. The number of aromatic nitrogens is 2. The van der Waals surface area contributed by atoms with Crippen LogP contribution in [0.3, 0.4) is 0 Å². The smallest absolute Gasteiger partial charge is 0.392 e. The summed E-state index contributed by atoms with van der Waals surface area (Å²) in [5, 5.41) is 9.02. The number of rotatable bonds is 4. The zero-order chi connectivity index (χ0) is 14.8. The van der Waals surface area contributed by atoms with Gasteiger partial charge in [-0.1, -0.05) is 13.0 Å². The quantitative estimate of drug-likeness (QED) is 0.935. The van der Waals surface area contributed by atoms with Crippen LogP contribution in [0.5, 0.6) is 0 Å². The van der Waals surface area contributed by atoms with Gasteiger partial charge in [0.05, 0.1) is 12.2 Å². The van der Waals surface area contributed by atoms with Crippen LogP contribution in [-0.4, -0.2) is 14.7 Å². The molecular formula is C14H15F3N2O. The zero-order valence-electron chi connectivity index (χ0n) is 11.0. The van der Waals surface area contributed by atoms with E-state index in [9.17, 15) is 13.2 Å². The number of benzene rings is 1. The second kappa shape index (κ2) is 5.66. The maximum Gasteiger partial charge on any atom is 0.416 e. The highest BCUT2D eigenvalue weighted by atomic mass is 19.4. The van der Waals surface area contributed by atoms with Gasteiger partial charge in [-0.05, 0) is 24.1 Å². The lowest BCUT2D eigenvalue weighted by Crippen LogP contribution is -2.11. The molecule has 1 N–H and O–H groups in total. The molecule has 6 heteroatoms. The van der Waals surface area contributed by atoms with E-state index in [1.165, 1.54) is 6.07 Å². The van der Waals surface area contributed by atoms with Crippen molar-refractivity contribution in [2.75, 3.05) is 0 Å². The monoisotopic (exact) mass is 284 g/mol. The third kappa shape index (κ3) is 2.85. The molecule has 0 bridgehead atoms. The molecule has 0 spiro atoms. The second-order valence-electron chi connectivity index (χ2n) is 4.46. The molecule has 2 rings (SSSR count). The van der Waals surface area contributed by atoms with Crippen molar-refractivity contribution in [3.63, 3.8) is 0 Å². The molecule has 3 nitrogen and oxygen atoms in total. The number of imidazole rings is 1. The van der Waals surface area contributed by atoms with Crippen molar-refractivity contribution in [2.24, 2.45) is 0 Å². The van der Waals surface area contributed by atoms with E-state index in [1.807, 2.05) is 6.92 Å². The molecule has 0 aliphatic rings. The summed E-state index contributed by atoms with van der Waals surface area (Å²) in [5.74, 6) is 0.720. The van der Waals surface area contributed by atoms with Crippen molar-refractivity contribution in [1.29, 1.82) is 0 Å². The molecule has 0 aliphatic heterocycles. The van der Waals surface area contributed by atoms with Gasteiger partial charge in [0.1, 0.15) is 5.82 Å². The van der Waals surface area contributed by atoms with Crippen molar-refractivity contribution in [1.82, 2.24) is 9.55 Å². The standard InChI is InChI=1S/C14H15F3N2O/c1-2-3-13-18-6-7-19(13)11-5-4-10(9-20)12(8-11)14(15,16)17/h4-8,20H,2-3,9H2,1H3. The van der Waals surface area contributed by atoms with E-state index in [2.05, 4.69) is 4.98 Å². The van der Waals surface area contributed by atoms with E-state index in [0.29, 0.717) is 12.1 Å². The number of aliphatic hydroxyl groups excluding tert-OH is 1.